The molecule has 1 aliphatic heterocycles. The quantitative estimate of drug-likeness (QED) is 0.544. The SMILES string of the molecule is C[B][N+]1=C(C)C(/C=C/C(C)C)c2ccccc21. The zero-order valence-corrected chi connectivity index (χ0v) is 11.1. The molecule has 1 aromatic carbocycles. The van der Waals surface area contributed by atoms with Crippen molar-refractivity contribution in [2.24, 2.45) is 5.92 Å². The van der Waals surface area contributed by atoms with Gasteiger partial charge in [-0.15, -0.1) is 0 Å². The van der Waals surface area contributed by atoms with Crippen molar-refractivity contribution >= 4 is 18.8 Å². The van der Waals surface area contributed by atoms with E-state index in [0.29, 0.717) is 11.8 Å². The molecule has 0 saturated heterocycles. The third-order valence-electron chi connectivity index (χ3n) is 3.31. The van der Waals surface area contributed by atoms with Gasteiger partial charge in [-0.2, -0.15) is 0 Å². The Labute approximate surface area is 105 Å². The predicted molar refractivity (Wildman–Crippen MR) is 75.4 cm³/mol. The third-order valence-corrected chi connectivity index (χ3v) is 3.31. The van der Waals surface area contributed by atoms with Crippen molar-refractivity contribution in [1.82, 2.24) is 0 Å². The molecule has 0 bridgehead atoms. The number of benzene rings is 1. The van der Waals surface area contributed by atoms with Gasteiger partial charge in [0.2, 0.25) is 0 Å². The molecular formula is C15H20BN+. The number of nitrogens with zero attached hydrogens (tertiary/aromatic N) is 1. The fourth-order valence-electron chi connectivity index (χ4n) is 2.45. The number of fused-ring (bicyclic) bond motifs is 1. The fraction of sp³-hybridized carbons (Fsp3) is 0.400. The Kier molecular flexibility index (Phi) is 3.51. The number of rotatable bonds is 3. The topological polar surface area (TPSA) is 3.01 Å². The van der Waals surface area contributed by atoms with Crippen molar-refractivity contribution in [3.8, 4) is 0 Å². The normalized spacial score (nSPS) is 19.2. The molecule has 2 rings (SSSR count). The molecule has 0 aromatic heterocycles. The lowest BCUT2D eigenvalue weighted by molar-refractivity contribution is -0.273. The van der Waals surface area contributed by atoms with E-state index in [1.807, 2.05) is 0 Å². The van der Waals surface area contributed by atoms with Gasteiger partial charge in [0, 0.05) is 18.6 Å². The number of para-hydroxylation sites is 1. The molecule has 1 aromatic rings. The van der Waals surface area contributed by atoms with E-state index < -0.39 is 0 Å². The lowest BCUT2D eigenvalue weighted by Crippen LogP contribution is -2.14. The highest BCUT2D eigenvalue weighted by molar-refractivity contribution is 6.26. The number of allylic oxidation sites excluding steroid dienone is 2. The van der Waals surface area contributed by atoms with Gasteiger partial charge in [0.15, 0.2) is 5.69 Å². The summed E-state index contributed by atoms with van der Waals surface area (Å²) in [5.74, 6) is 1.04. The van der Waals surface area contributed by atoms with Crippen LogP contribution in [0.3, 0.4) is 0 Å². The Morgan fingerprint density at radius 3 is 2.65 bits per heavy atom. The molecule has 0 aliphatic carbocycles. The van der Waals surface area contributed by atoms with Crippen LogP contribution in [0.15, 0.2) is 36.4 Å². The molecule has 1 atom stereocenters. The molecular weight excluding hydrogens is 205 g/mol. The van der Waals surface area contributed by atoms with E-state index in [4.69, 9.17) is 0 Å². The van der Waals surface area contributed by atoms with Crippen LogP contribution in [0, 0.1) is 5.92 Å². The van der Waals surface area contributed by atoms with Gasteiger partial charge in [-0.25, -0.2) is 0 Å². The first-order valence-corrected chi connectivity index (χ1v) is 6.34. The maximum absolute atomic E-state index is 2.34. The second-order valence-electron chi connectivity index (χ2n) is 4.93. The Morgan fingerprint density at radius 2 is 2.00 bits per heavy atom. The fourth-order valence-corrected chi connectivity index (χ4v) is 2.45. The Morgan fingerprint density at radius 1 is 1.29 bits per heavy atom. The van der Waals surface area contributed by atoms with Crippen molar-refractivity contribution in [1.29, 1.82) is 0 Å². The van der Waals surface area contributed by atoms with Gasteiger partial charge in [-0.3, -0.25) is 4.49 Å². The monoisotopic (exact) mass is 225 g/mol. The van der Waals surface area contributed by atoms with Crippen molar-refractivity contribution in [2.75, 3.05) is 0 Å². The molecule has 0 spiro atoms. The molecule has 87 valence electrons. The van der Waals surface area contributed by atoms with E-state index in [1.54, 1.807) is 0 Å². The summed E-state index contributed by atoms with van der Waals surface area (Å²) < 4.78 is 2.30. The van der Waals surface area contributed by atoms with Gasteiger partial charge < -0.3 is 0 Å². The zero-order chi connectivity index (χ0) is 12.4. The first-order valence-electron chi connectivity index (χ1n) is 6.34. The zero-order valence-electron chi connectivity index (χ0n) is 11.1. The van der Waals surface area contributed by atoms with Gasteiger partial charge in [0.25, 0.3) is 0 Å². The second kappa shape index (κ2) is 4.91. The molecule has 17 heavy (non-hydrogen) atoms. The standard InChI is InChI=1S/C15H20BN/c1-11(2)9-10-13-12(3)17(16-4)15-8-6-5-7-14(13)15/h5-11,13H,1-4H3/q+1/b10-9+. The number of hydrogen-bond acceptors (Lipinski definition) is 0. The first kappa shape index (κ1) is 12.2. The van der Waals surface area contributed by atoms with E-state index in [2.05, 4.69) is 75.9 Å². The summed E-state index contributed by atoms with van der Waals surface area (Å²) in [5.41, 5.74) is 4.14. The molecule has 0 fully saturated rings. The average molecular weight is 225 g/mol. The van der Waals surface area contributed by atoms with E-state index in [-0.39, 0.29) is 0 Å². The largest absolute Gasteiger partial charge is 0.536 e. The minimum atomic E-state index is 0.435. The lowest BCUT2D eigenvalue weighted by atomic mass is 9.95. The first-order chi connectivity index (χ1) is 8.15. The van der Waals surface area contributed by atoms with Crippen LogP contribution in [0.4, 0.5) is 5.69 Å². The van der Waals surface area contributed by atoms with Crippen LogP contribution < -0.4 is 0 Å². The molecule has 1 aliphatic rings. The maximum atomic E-state index is 2.34. The minimum absolute atomic E-state index is 0.435. The van der Waals surface area contributed by atoms with E-state index >= 15 is 0 Å². The summed E-state index contributed by atoms with van der Waals surface area (Å²) in [6.07, 6.45) is 4.63. The third kappa shape index (κ3) is 2.22. The highest BCUT2D eigenvalue weighted by Crippen LogP contribution is 2.35. The van der Waals surface area contributed by atoms with Crippen LogP contribution in [0.5, 0.6) is 0 Å². The van der Waals surface area contributed by atoms with Crippen molar-refractivity contribution in [2.45, 2.75) is 33.5 Å². The second-order valence-corrected chi connectivity index (χ2v) is 4.93. The summed E-state index contributed by atoms with van der Waals surface area (Å²) in [7, 11) is 2.15. The van der Waals surface area contributed by atoms with Crippen molar-refractivity contribution in [3.63, 3.8) is 0 Å². The van der Waals surface area contributed by atoms with Crippen LogP contribution in [0.1, 0.15) is 32.3 Å². The van der Waals surface area contributed by atoms with Crippen LogP contribution >= 0.6 is 0 Å². The van der Waals surface area contributed by atoms with E-state index in [0.717, 1.165) is 0 Å². The summed E-state index contributed by atoms with van der Waals surface area (Å²) >= 11 is 0. The van der Waals surface area contributed by atoms with Crippen LogP contribution in [-0.2, 0) is 0 Å². The summed E-state index contributed by atoms with van der Waals surface area (Å²) in [6, 6.07) is 8.67. The molecule has 0 amide bonds. The van der Waals surface area contributed by atoms with Crippen LogP contribution in [0.25, 0.3) is 0 Å². The highest BCUT2D eigenvalue weighted by atomic mass is 15.0. The maximum Gasteiger partial charge on any atom is 0.536 e. The Bertz CT molecular complexity index is 472. The molecule has 1 nitrogen and oxygen atoms in total. The Balaban J connectivity index is 2.44. The van der Waals surface area contributed by atoms with Crippen molar-refractivity contribution < 1.29 is 4.49 Å². The minimum Gasteiger partial charge on any atom is -0.285 e. The molecule has 0 saturated carbocycles. The van der Waals surface area contributed by atoms with E-state index in [1.165, 1.54) is 17.0 Å². The van der Waals surface area contributed by atoms with Gasteiger partial charge in [0.05, 0.1) is 5.92 Å². The van der Waals surface area contributed by atoms with Gasteiger partial charge >= 0.3 is 7.41 Å². The predicted octanol–water partition coefficient (Wildman–Crippen LogP) is 3.77. The van der Waals surface area contributed by atoms with Gasteiger partial charge in [-0.05, 0) is 12.7 Å². The highest BCUT2D eigenvalue weighted by Gasteiger charge is 2.33. The average Bonchev–Trinajstić information content (AvgIpc) is 2.58. The molecule has 1 heterocycles. The van der Waals surface area contributed by atoms with E-state index in [9.17, 15) is 0 Å². The van der Waals surface area contributed by atoms with Crippen LogP contribution in [0.2, 0.25) is 6.82 Å². The summed E-state index contributed by atoms with van der Waals surface area (Å²) in [4.78, 5) is 0. The molecule has 0 N–H and O–H groups in total. The number of hydrogen-bond donors (Lipinski definition) is 0. The lowest BCUT2D eigenvalue weighted by Gasteiger charge is -2.03. The smallest absolute Gasteiger partial charge is 0.285 e. The molecule has 2 heteroatoms. The van der Waals surface area contributed by atoms with Gasteiger partial charge in [0.1, 0.15) is 5.71 Å². The van der Waals surface area contributed by atoms with Crippen molar-refractivity contribution in [3.05, 3.63) is 42.0 Å². The Hall–Kier alpha value is -1.31. The summed E-state index contributed by atoms with van der Waals surface area (Å²) in [6.45, 7) is 8.75. The molecule has 1 unspecified atom stereocenters. The molecule has 1 radical (unpaired) electrons. The summed E-state index contributed by atoms with van der Waals surface area (Å²) in [5, 5.41) is 0. The van der Waals surface area contributed by atoms with Gasteiger partial charge in [-0.1, -0.05) is 44.2 Å². The van der Waals surface area contributed by atoms with Crippen LogP contribution in [-0.4, -0.2) is 17.6 Å².